The summed E-state index contributed by atoms with van der Waals surface area (Å²) in [4.78, 5) is 15.8. The predicted octanol–water partition coefficient (Wildman–Crippen LogP) is 1.42. The van der Waals surface area contributed by atoms with Gasteiger partial charge in [-0.3, -0.25) is 4.79 Å². The molecule has 0 saturated heterocycles. The van der Waals surface area contributed by atoms with Gasteiger partial charge in [-0.05, 0) is 18.9 Å². The quantitative estimate of drug-likeness (QED) is 0.770. The molecule has 1 unspecified atom stereocenters. The second-order valence-corrected chi connectivity index (χ2v) is 5.24. The zero-order valence-electron chi connectivity index (χ0n) is 12.7. The van der Waals surface area contributed by atoms with Crippen molar-refractivity contribution in [2.75, 3.05) is 6.54 Å². The highest BCUT2D eigenvalue weighted by molar-refractivity contribution is 5.75. The lowest BCUT2D eigenvalue weighted by Gasteiger charge is -2.11. The first-order valence-corrected chi connectivity index (χ1v) is 7.41. The molecule has 6 nitrogen and oxygen atoms in total. The van der Waals surface area contributed by atoms with Crippen LogP contribution in [0.1, 0.15) is 30.1 Å². The van der Waals surface area contributed by atoms with Crippen molar-refractivity contribution in [3.05, 3.63) is 47.6 Å². The Morgan fingerprint density at radius 3 is 2.82 bits per heavy atom. The van der Waals surface area contributed by atoms with E-state index in [1.54, 1.807) is 6.92 Å². The van der Waals surface area contributed by atoms with Gasteiger partial charge in [-0.25, -0.2) is 0 Å². The first kappa shape index (κ1) is 16.2. The summed E-state index contributed by atoms with van der Waals surface area (Å²) in [6, 6.07) is 9.71. The van der Waals surface area contributed by atoms with E-state index in [0.717, 1.165) is 5.56 Å². The van der Waals surface area contributed by atoms with Gasteiger partial charge >= 0.3 is 0 Å². The van der Waals surface area contributed by atoms with Crippen molar-refractivity contribution in [1.29, 1.82) is 0 Å². The van der Waals surface area contributed by atoms with Gasteiger partial charge in [-0.2, -0.15) is 4.98 Å². The van der Waals surface area contributed by atoms with Gasteiger partial charge in [0, 0.05) is 25.8 Å². The minimum Gasteiger partial charge on any atom is -0.391 e. The number of aromatic nitrogens is 2. The number of aliphatic hydroxyl groups is 1. The van der Waals surface area contributed by atoms with Crippen LogP contribution in [0.25, 0.3) is 0 Å². The van der Waals surface area contributed by atoms with E-state index in [4.69, 9.17) is 4.52 Å². The summed E-state index contributed by atoms with van der Waals surface area (Å²) in [7, 11) is 0. The van der Waals surface area contributed by atoms with Gasteiger partial charge in [0.2, 0.25) is 11.8 Å². The molecule has 2 rings (SSSR count). The number of benzene rings is 1. The lowest BCUT2D eigenvalue weighted by atomic mass is 10.1. The minimum atomic E-state index is -0.579. The number of hydrogen-bond donors (Lipinski definition) is 2. The van der Waals surface area contributed by atoms with Gasteiger partial charge in [0.05, 0.1) is 6.10 Å². The Bertz CT molecular complexity index is 583. The molecule has 2 N–H and O–H groups in total. The Kier molecular flexibility index (Phi) is 6.09. The second kappa shape index (κ2) is 8.29. The Hall–Kier alpha value is -2.21. The first-order chi connectivity index (χ1) is 10.6. The topological polar surface area (TPSA) is 88.2 Å². The molecule has 0 aliphatic carbocycles. The number of nitrogens with zero attached hydrogens (tertiary/aromatic N) is 2. The van der Waals surface area contributed by atoms with Gasteiger partial charge in [-0.15, -0.1) is 0 Å². The molecule has 1 heterocycles. The zero-order chi connectivity index (χ0) is 15.8. The van der Waals surface area contributed by atoms with Gasteiger partial charge in [0.1, 0.15) is 0 Å². The van der Waals surface area contributed by atoms with Crippen LogP contribution in [0.3, 0.4) is 0 Å². The summed E-state index contributed by atoms with van der Waals surface area (Å²) in [6.07, 6.45) is 1.55. The maximum Gasteiger partial charge on any atom is 0.226 e. The number of rotatable bonds is 8. The Morgan fingerprint density at radius 1 is 1.36 bits per heavy atom. The van der Waals surface area contributed by atoms with Crippen LogP contribution in [0.4, 0.5) is 0 Å². The molecule has 118 valence electrons. The summed E-state index contributed by atoms with van der Waals surface area (Å²) in [5.41, 5.74) is 1.05. The summed E-state index contributed by atoms with van der Waals surface area (Å²) in [5.74, 6) is 1.07. The number of nitrogens with one attached hydrogen (secondary N) is 1. The fraction of sp³-hybridized carbons (Fsp3) is 0.438. The van der Waals surface area contributed by atoms with Crippen LogP contribution < -0.4 is 5.32 Å². The molecular weight excluding hydrogens is 282 g/mol. The van der Waals surface area contributed by atoms with E-state index in [0.29, 0.717) is 37.4 Å². The molecule has 0 radical (unpaired) electrons. The van der Waals surface area contributed by atoms with E-state index >= 15 is 0 Å². The monoisotopic (exact) mass is 303 g/mol. The van der Waals surface area contributed by atoms with Crippen molar-refractivity contribution in [3.8, 4) is 0 Å². The number of aryl methyl sites for hydroxylation is 2. The molecule has 1 aromatic carbocycles. The number of hydrogen-bond acceptors (Lipinski definition) is 5. The van der Waals surface area contributed by atoms with E-state index < -0.39 is 6.10 Å². The third kappa shape index (κ3) is 5.65. The fourth-order valence-corrected chi connectivity index (χ4v) is 2.12. The van der Waals surface area contributed by atoms with Crippen molar-refractivity contribution in [3.63, 3.8) is 0 Å². The van der Waals surface area contributed by atoms with Crippen LogP contribution in [-0.2, 0) is 17.6 Å². The Labute approximate surface area is 129 Å². The van der Waals surface area contributed by atoms with Gasteiger partial charge in [0.25, 0.3) is 0 Å². The van der Waals surface area contributed by atoms with E-state index in [2.05, 4.69) is 15.5 Å². The van der Waals surface area contributed by atoms with Crippen LogP contribution in [0.15, 0.2) is 34.9 Å². The van der Waals surface area contributed by atoms with E-state index in [-0.39, 0.29) is 12.5 Å². The highest BCUT2D eigenvalue weighted by Gasteiger charge is 2.09. The Balaban J connectivity index is 1.60. The molecule has 2 aromatic rings. The second-order valence-electron chi connectivity index (χ2n) is 5.24. The highest BCUT2D eigenvalue weighted by atomic mass is 16.5. The lowest BCUT2D eigenvalue weighted by molar-refractivity contribution is -0.121. The van der Waals surface area contributed by atoms with Gasteiger partial charge in [0.15, 0.2) is 5.82 Å². The third-order valence-electron chi connectivity index (χ3n) is 3.21. The number of carbonyl (C=O) groups is 1. The maximum absolute atomic E-state index is 11.7. The standard InChI is InChI=1S/C16H21N3O3/c1-12-18-16(22-19-12)9-5-8-15(21)17-11-14(20)10-13-6-3-2-4-7-13/h2-4,6-7,14,20H,5,8-11H2,1H3,(H,17,21). The highest BCUT2D eigenvalue weighted by Crippen LogP contribution is 2.04. The zero-order valence-corrected chi connectivity index (χ0v) is 12.7. The molecule has 0 bridgehead atoms. The largest absolute Gasteiger partial charge is 0.391 e. The van der Waals surface area contributed by atoms with E-state index in [9.17, 15) is 9.90 Å². The molecule has 6 heteroatoms. The van der Waals surface area contributed by atoms with Crippen LogP contribution >= 0.6 is 0 Å². The number of carbonyl (C=O) groups excluding carboxylic acids is 1. The van der Waals surface area contributed by atoms with Crippen LogP contribution in [0.2, 0.25) is 0 Å². The SMILES string of the molecule is Cc1noc(CCCC(=O)NCC(O)Cc2ccccc2)n1. The average Bonchev–Trinajstić information content (AvgIpc) is 2.92. The molecular formula is C16H21N3O3. The number of amides is 1. The normalized spacial score (nSPS) is 12.1. The molecule has 0 spiro atoms. The van der Waals surface area contributed by atoms with Crippen LogP contribution in [0, 0.1) is 6.92 Å². The molecule has 1 amide bonds. The number of aliphatic hydroxyl groups excluding tert-OH is 1. The average molecular weight is 303 g/mol. The smallest absolute Gasteiger partial charge is 0.226 e. The predicted molar refractivity (Wildman–Crippen MR) is 81.1 cm³/mol. The van der Waals surface area contributed by atoms with Gasteiger partial charge in [-0.1, -0.05) is 35.5 Å². The first-order valence-electron chi connectivity index (χ1n) is 7.41. The third-order valence-corrected chi connectivity index (χ3v) is 3.21. The van der Waals surface area contributed by atoms with Crippen molar-refractivity contribution >= 4 is 5.91 Å². The minimum absolute atomic E-state index is 0.0802. The van der Waals surface area contributed by atoms with Crippen LogP contribution in [0.5, 0.6) is 0 Å². The molecule has 22 heavy (non-hydrogen) atoms. The van der Waals surface area contributed by atoms with Crippen molar-refractivity contribution in [2.45, 2.75) is 38.7 Å². The molecule has 0 fully saturated rings. The molecule has 0 aliphatic heterocycles. The summed E-state index contributed by atoms with van der Waals surface area (Å²) < 4.78 is 4.98. The van der Waals surface area contributed by atoms with Crippen molar-refractivity contribution in [1.82, 2.24) is 15.5 Å². The molecule has 0 saturated carbocycles. The van der Waals surface area contributed by atoms with E-state index in [1.807, 2.05) is 30.3 Å². The molecule has 1 atom stereocenters. The van der Waals surface area contributed by atoms with Gasteiger partial charge < -0.3 is 14.9 Å². The van der Waals surface area contributed by atoms with Crippen molar-refractivity contribution < 1.29 is 14.4 Å². The molecule has 1 aromatic heterocycles. The maximum atomic E-state index is 11.7. The van der Waals surface area contributed by atoms with E-state index in [1.165, 1.54) is 0 Å². The summed E-state index contributed by atoms with van der Waals surface area (Å²) in [6.45, 7) is 2.02. The van der Waals surface area contributed by atoms with Crippen molar-refractivity contribution in [2.24, 2.45) is 0 Å². The molecule has 0 aliphatic rings. The lowest BCUT2D eigenvalue weighted by Crippen LogP contribution is -2.33. The Morgan fingerprint density at radius 2 is 2.14 bits per heavy atom. The fourth-order valence-electron chi connectivity index (χ4n) is 2.12. The summed E-state index contributed by atoms with van der Waals surface area (Å²) in [5, 5.41) is 16.3. The van der Waals surface area contributed by atoms with Crippen LogP contribution in [-0.4, -0.2) is 33.8 Å². The summed E-state index contributed by atoms with van der Waals surface area (Å²) >= 11 is 0.